The fraction of sp³-hybridized carbons (Fsp3) is 0.400. The Bertz CT molecular complexity index is 728. The van der Waals surface area contributed by atoms with Crippen molar-refractivity contribution in [1.82, 2.24) is 14.7 Å². The molecule has 0 saturated carbocycles. The number of hydrogen-bond donors (Lipinski definition) is 0. The van der Waals surface area contributed by atoms with Gasteiger partial charge in [0.05, 0.1) is 15.0 Å². The number of hydrogen-bond acceptors (Lipinski definition) is 3. The van der Waals surface area contributed by atoms with Gasteiger partial charge in [0.1, 0.15) is 6.10 Å². The molecular weight excluding hydrogens is 238 g/mol. The van der Waals surface area contributed by atoms with Crippen LogP contribution in [0.25, 0.3) is 0 Å². The molecule has 0 bridgehead atoms. The Morgan fingerprint density at radius 1 is 1.37 bits per heavy atom. The summed E-state index contributed by atoms with van der Waals surface area (Å²) < 4.78 is 61.4. The lowest BCUT2D eigenvalue weighted by Gasteiger charge is -2.20. The summed E-state index contributed by atoms with van der Waals surface area (Å²) in [6.45, 7) is -7.77. The lowest BCUT2D eigenvalue weighted by atomic mass is 10.1. The molecule has 0 N–H and O–H groups in total. The second kappa shape index (κ2) is 6.50. The van der Waals surface area contributed by atoms with E-state index in [4.69, 9.17) is 14.3 Å². The van der Waals surface area contributed by atoms with Crippen molar-refractivity contribution in [2.45, 2.75) is 6.10 Å². The molecule has 1 aromatic heterocycles. The van der Waals surface area contributed by atoms with Crippen LogP contribution < -0.4 is 0 Å². The van der Waals surface area contributed by atoms with Crippen molar-refractivity contribution in [2.75, 3.05) is 27.2 Å². The third-order valence-corrected chi connectivity index (χ3v) is 2.49. The summed E-state index contributed by atoms with van der Waals surface area (Å²) in [6, 6.07) is 9.90. The Morgan fingerprint density at radius 3 is 2.84 bits per heavy atom. The lowest BCUT2D eigenvalue weighted by Crippen LogP contribution is -2.20. The normalized spacial score (nSPS) is 20.5. The fourth-order valence-electron chi connectivity index (χ4n) is 1.62. The molecule has 1 atom stereocenters. The smallest absolute Gasteiger partial charge is 0.124 e. The summed E-state index contributed by atoms with van der Waals surface area (Å²) in [6.07, 6.45) is 0.126. The van der Waals surface area contributed by atoms with Gasteiger partial charge in [0, 0.05) is 26.5 Å². The van der Waals surface area contributed by atoms with Gasteiger partial charge >= 0.3 is 0 Å². The number of benzene rings is 1. The third-order valence-electron chi connectivity index (χ3n) is 2.49. The number of aryl methyl sites for hydroxylation is 1. The van der Waals surface area contributed by atoms with Gasteiger partial charge in [-0.25, -0.2) is 0 Å². The molecule has 2 aromatic rings. The summed E-state index contributed by atoms with van der Waals surface area (Å²) >= 11 is 0. The highest BCUT2D eigenvalue weighted by Gasteiger charge is 2.17. The van der Waals surface area contributed by atoms with Gasteiger partial charge in [-0.15, -0.1) is 0 Å². The molecule has 0 aliphatic heterocycles. The quantitative estimate of drug-likeness (QED) is 0.802. The molecule has 19 heavy (non-hydrogen) atoms. The molecule has 4 heteroatoms. The van der Waals surface area contributed by atoms with Gasteiger partial charge in [0.15, 0.2) is 0 Å². The zero-order valence-electron chi connectivity index (χ0n) is 17.9. The summed E-state index contributed by atoms with van der Waals surface area (Å²) in [5.41, 5.74) is 0.589. The third kappa shape index (κ3) is 3.66. The monoisotopic (exact) mass is 266 g/mol. The van der Waals surface area contributed by atoms with E-state index in [1.807, 2.05) is 0 Å². The topological polar surface area (TPSA) is 30.3 Å². The maximum atomic E-state index is 8.13. The molecule has 0 aliphatic carbocycles. The largest absolute Gasteiger partial charge is 0.366 e. The van der Waals surface area contributed by atoms with Crippen LogP contribution in [-0.4, -0.2) is 41.8 Å². The molecule has 0 saturated heterocycles. The first-order valence-corrected chi connectivity index (χ1v) is 5.82. The zero-order valence-corrected chi connectivity index (χ0v) is 10.9. The standard InChI is InChI=1S/C15H21N3O/c1-17(2)11-12-19-15(13-7-5-4-6-8-13)14-9-10-16-18(14)3/h4-10,15H,11-12H2,1-3H3/i3D3,11D2,12D2. The van der Waals surface area contributed by atoms with Crippen molar-refractivity contribution in [3.63, 3.8) is 0 Å². The molecule has 0 aliphatic rings. The summed E-state index contributed by atoms with van der Waals surface area (Å²) in [4.78, 5) is 1.07. The van der Waals surface area contributed by atoms with Crippen LogP contribution >= 0.6 is 0 Å². The highest BCUT2D eigenvalue weighted by Crippen LogP contribution is 2.25. The Hall–Kier alpha value is -1.65. The van der Waals surface area contributed by atoms with Crippen molar-refractivity contribution in [3.8, 4) is 0 Å². The van der Waals surface area contributed by atoms with Crippen molar-refractivity contribution >= 4 is 0 Å². The summed E-state index contributed by atoms with van der Waals surface area (Å²) in [5, 5.41) is 3.81. The molecule has 0 radical (unpaired) electrons. The lowest BCUT2D eigenvalue weighted by molar-refractivity contribution is 0.0638. The van der Waals surface area contributed by atoms with E-state index in [9.17, 15) is 0 Å². The van der Waals surface area contributed by atoms with Gasteiger partial charge < -0.3 is 9.64 Å². The van der Waals surface area contributed by atoms with Gasteiger partial charge in [0.2, 0.25) is 0 Å². The van der Waals surface area contributed by atoms with Crippen LogP contribution in [0.4, 0.5) is 0 Å². The minimum absolute atomic E-state index is 0.106. The van der Waals surface area contributed by atoms with E-state index in [2.05, 4.69) is 5.10 Å². The van der Waals surface area contributed by atoms with Crippen LogP contribution in [0, 0.1) is 0 Å². The summed E-state index contributed by atoms with van der Waals surface area (Å²) in [5.74, 6) is 0. The Morgan fingerprint density at radius 2 is 2.16 bits per heavy atom. The van der Waals surface area contributed by atoms with E-state index < -0.39 is 26.1 Å². The first-order valence-electron chi connectivity index (χ1n) is 9.32. The molecule has 1 unspecified atom stereocenters. The van der Waals surface area contributed by atoms with Gasteiger partial charge in [-0.1, -0.05) is 30.3 Å². The van der Waals surface area contributed by atoms with Crippen LogP contribution in [0.3, 0.4) is 0 Å². The number of likely N-dealkylation sites (N-methyl/N-ethyl adjacent to an activating group) is 1. The molecule has 1 aromatic carbocycles. The van der Waals surface area contributed by atoms with E-state index in [-0.39, 0.29) is 5.69 Å². The molecule has 0 amide bonds. The second-order valence-electron chi connectivity index (χ2n) is 4.18. The minimum atomic E-state index is -2.74. The first-order chi connectivity index (χ1) is 11.9. The van der Waals surface area contributed by atoms with Crippen molar-refractivity contribution in [3.05, 3.63) is 53.9 Å². The van der Waals surface area contributed by atoms with Gasteiger partial charge in [-0.3, -0.25) is 4.68 Å². The van der Waals surface area contributed by atoms with Gasteiger partial charge in [-0.05, 0) is 25.7 Å². The molecule has 2 rings (SSSR count). The van der Waals surface area contributed by atoms with Crippen LogP contribution in [0.1, 0.15) is 27.0 Å². The van der Waals surface area contributed by atoms with E-state index in [1.165, 1.54) is 26.4 Å². The van der Waals surface area contributed by atoms with E-state index in [1.54, 1.807) is 30.3 Å². The predicted octanol–water partition coefficient (Wildman–Crippen LogP) is 2.09. The summed E-state index contributed by atoms with van der Waals surface area (Å²) in [7, 11) is 2.79. The van der Waals surface area contributed by atoms with E-state index in [0.29, 0.717) is 5.56 Å². The number of ether oxygens (including phenoxy) is 1. The maximum absolute atomic E-state index is 8.13. The van der Waals surface area contributed by atoms with Crippen molar-refractivity contribution < 1.29 is 14.3 Å². The second-order valence-corrected chi connectivity index (χ2v) is 4.18. The Labute approximate surface area is 124 Å². The van der Waals surface area contributed by atoms with Gasteiger partial charge in [-0.2, -0.15) is 5.10 Å². The molecule has 4 nitrogen and oxygen atoms in total. The Balaban J connectivity index is 2.53. The Kier molecular flexibility index (Phi) is 2.47. The van der Waals surface area contributed by atoms with Crippen molar-refractivity contribution in [2.24, 2.45) is 6.98 Å². The highest BCUT2D eigenvalue weighted by molar-refractivity contribution is 5.25. The average Bonchev–Trinajstić information content (AvgIpc) is 3.02. The molecule has 102 valence electrons. The van der Waals surface area contributed by atoms with E-state index >= 15 is 0 Å². The minimum Gasteiger partial charge on any atom is -0.366 e. The molecular formula is C15H21N3O. The van der Waals surface area contributed by atoms with Crippen LogP contribution in [0.15, 0.2) is 42.6 Å². The number of aromatic nitrogens is 2. The maximum Gasteiger partial charge on any atom is 0.124 e. The first kappa shape index (κ1) is 7.22. The van der Waals surface area contributed by atoms with Crippen molar-refractivity contribution in [1.29, 1.82) is 0 Å². The zero-order chi connectivity index (χ0) is 19.8. The van der Waals surface area contributed by atoms with Crippen LogP contribution in [0.2, 0.25) is 0 Å². The molecule has 1 heterocycles. The molecule has 0 fully saturated rings. The number of rotatable bonds is 6. The average molecular weight is 266 g/mol. The predicted molar refractivity (Wildman–Crippen MR) is 76.0 cm³/mol. The SMILES string of the molecule is [2H]C([2H])([2H])n1nccc1C(OC([2H])([2H])C([2H])([2H])N(C)C)c1ccccc1. The highest BCUT2D eigenvalue weighted by atomic mass is 16.5. The van der Waals surface area contributed by atoms with E-state index in [0.717, 1.165) is 9.58 Å². The van der Waals surface area contributed by atoms with Gasteiger partial charge in [0.25, 0.3) is 0 Å². The number of nitrogens with zero attached hydrogens (tertiary/aromatic N) is 3. The van der Waals surface area contributed by atoms with Crippen LogP contribution in [0.5, 0.6) is 0 Å². The fourth-order valence-corrected chi connectivity index (χ4v) is 1.62. The van der Waals surface area contributed by atoms with Crippen LogP contribution in [-0.2, 0) is 11.7 Å². The molecule has 0 spiro atoms.